The minimum absolute atomic E-state index is 0.0956. The van der Waals surface area contributed by atoms with Gasteiger partial charge >= 0.3 is 0 Å². The predicted molar refractivity (Wildman–Crippen MR) is 111 cm³/mol. The second-order valence-electron chi connectivity index (χ2n) is 6.83. The average molecular weight is 395 g/mol. The molecule has 7 nitrogen and oxygen atoms in total. The number of aromatic amines is 1. The lowest BCUT2D eigenvalue weighted by molar-refractivity contribution is -0.131. The van der Waals surface area contributed by atoms with E-state index >= 15 is 0 Å². The molecule has 1 amide bonds. The smallest absolute Gasteiger partial charge is 0.258 e. The van der Waals surface area contributed by atoms with E-state index in [-0.39, 0.29) is 24.4 Å². The van der Waals surface area contributed by atoms with Crippen molar-refractivity contribution in [3.05, 3.63) is 69.8 Å². The van der Waals surface area contributed by atoms with Crippen molar-refractivity contribution >= 4 is 16.8 Å². The van der Waals surface area contributed by atoms with Crippen LogP contribution in [0.15, 0.2) is 47.3 Å². The predicted octanol–water partition coefficient (Wildman–Crippen LogP) is 2.46. The summed E-state index contributed by atoms with van der Waals surface area (Å²) in [7, 11) is 3.17. The molecule has 0 fully saturated rings. The van der Waals surface area contributed by atoms with Crippen molar-refractivity contribution in [2.24, 2.45) is 0 Å². The summed E-state index contributed by atoms with van der Waals surface area (Å²) in [5, 5.41) is 0.524. The van der Waals surface area contributed by atoms with E-state index in [1.165, 1.54) is 0 Å². The van der Waals surface area contributed by atoms with Crippen LogP contribution in [0.25, 0.3) is 10.9 Å². The van der Waals surface area contributed by atoms with Gasteiger partial charge in [0.05, 0.1) is 37.6 Å². The molecule has 0 saturated heterocycles. The number of benzene rings is 2. The molecule has 0 spiro atoms. The number of hydrogen-bond acceptors (Lipinski definition) is 5. The molecule has 0 atom stereocenters. The fourth-order valence-electron chi connectivity index (χ4n) is 3.20. The Morgan fingerprint density at radius 2 is 1.97 bits per heavy atom. The number of methoxy groups -OCH3 is 2. The number of carbonyl (C=O) groups is 1. The van der Waals surface area contributed by atoms with E-state index < -0.39 is 0 Å². The summed E-state index contributed by atoms with van der Waals surface area (Å²) >= 11 is 0. The van der Waals surface area contributed by atoms with Crippen LogP contribution in [-0.4, -0.2) is 48.1 Å². The molecule has 0 unspecified atom stereocenters. The van der Waals surface area contributed by atoms with E-state index in [2.05, 4.69) is 9.97 Å². The standard InChI is InChI=1S/C22H25N3O4/c1-15-8-9-19(29-3)16(12-15)13-21(26)25(10-11-28-2)14-20-23-18-7-5-4-6-17(18)22(27)24-20/h4-9,12H,10-11,13-14H2,1-3H3,(H,23,24,27). The number of aryl methyl sites for hydroxylation is 1. The number of para-hydroxylation sites is 1. The fourth-order valence-corrected chi connectivity index (χ4v) is 3.20. The number of aromatic nitrogens is 2. The Balaban J connectivity index is 1.85. The molecule has 0 saturated carbocycles. The molecule has 152 valence electrons. The normalized spacial score (nSPS) is 10.9. The maximum absolute atomic E-state index is 13.0. The van der Waals surface area contributed by atoms with Crippen LogP contribution in [-0.2, 0) is 22.5 Å². The third kappa shape index (κ3) is 5.00. The molecular weight excluding hydrogens is 370 g/mol. The van der Waals surface area contributed by atoms with Crippen molar-refractivity contribution in [3.63, 3.8) is 0 Å². The van der Waals surface area contributed by atoms with Gasteiger partial charge in [-0.25, -0.2) is 4.98 Å². The molecule has 0 aliphatic carbocycles. The molecule has 1 heterocycles. The highest BCUT2D eigenvalue weighted by molar-refractivity contribution is 5.80. The first-order chi connectivity index (χ1) is 14.0. The van der Waals surface area contributed by atoms with Crippen LogP contribution in [0.1, 0.15) is 17.0 Å². The van der Waals surface area contributed by atoms with Crippen molar-refractivity contribution in [1.82, 2.24) is 14.9 Å². The highest BCUT2D eigenvalue weighted by Gasteiger charge is 2.18. The van der Waals surface area contributed by atoms with Gasteiger partial charge in [-0.2, -0.15) is 0 Å². The molecule has 29 heavy (non-hydrogen) atoms. The molecule has 7 heteroatoms. The molecule has 1 N–H and O–H groups in total. The number of carbonyl (C=O) groups excluding carboxylic acids is 1. The SMILES string of the molecule is COCCN(Cc1nc2ccccc2c(=O)[nH]1)C(=O)Cc1cc(C)ccc1OC. The lowest BCUT2D eigenvalue weighted by Crippen LogP contribution is -2.35. The lowest BCUT2D eigenvalue weighted by atomic mass is 10.1. The lowest BCUT2D eigenvalue weighted by Gasteiger charge is -2.22. The fraction of sp³-hybridized carbons (Fsp3) is 0.318. The molecule has 0 aliphatic heterocycles. The van der Waals surface area contributed by atoms with Gasteiger partial charge in [0, 0.05) is 19.2 Å². The van der Waals surface area contributed by atoms with Gasteiger partial charge in [-0.15, -0.1) is 0 Å². The van der Waals surface area contributed by atoms with E-state index in [1.807, 2.05) is 31.2 Å². The molecule has 3 rings (SSSR count). The Morgan fingerprint density at radius 1 is 1.17 bits per heavy atom. The number of nitrogens with zero attached hydrogens (tertiary/aromatic N) is 2. The van der Waals surface area contributed by atoms with Crippen molar-refractivity contribution in [3.8, 4) is 5.75 Å². The molecular formula is C22H25N3O4. The van der Waals surface area contributed by atoms with Gasteiger partial charge < -0.3 is 19.4 Å². The van der Waals surface area contributed by atoms with Gasteiger partial charge in [0.2, 0.25) is 5.91 Å². The summed E-state index contributed by atoms with van der Waals surface area (Å²) in [5.74, 6) is 1.02. The van der Waals surface area contributed by atoms with Crippen molar-refractivity contribution in [1.29, 1.82) is 0 Å². The van der Waals surface area contributed by atoms with E-state index in [9.17, 15) is 9.59 Å². The minimum Gasteiger partial charge on any atom is -0.496 e. The summed E-state index contributed by atoms with van der Waals surface area (Å²) < 4.78 is 10.5. The summed E-state index contributed by atoms with van der Waals surface area (Å²) in [6, 6.07) is 12.9. The van der Waals surface area contributed by atoms with E-state index in [1.54, 1.807) is 37.3 Å². The van der Waals surface area contributed by atoms with E-state index in [0.29, 0.717) is 35.6 Å². The first-order valence-electron chi connectivity index (χ1n) is 9.40. The maximum Gasteiger partial charge on any atom is 0.258 e. The number of ether oxygens (including phenoxy) is 2. The van der Waals surface area contributed by atoms with Crippen LogP contribution in [0.5, 0.6) is 5.75 Å². The number of rotatable bonds is 8. The summed E-state index contributed by atoms with van der Waals surface area (Å²) in [4.78, 5) is 34.3. The first-order valence-corrected chi connectivity index (χ1v) is 9.40. The van der Waals surface area contributed by atoms with Crippen LogP contribution < -0.4 is 10.3 Å². The molecule has 1 aromatic heterocycles. The molecule has 0 bridgehead atoms. The second kappa shape index (κ2) is 9.34. The monoisotopic (exact) mass is 395 g/mol. The van der Waals surface area contributed by atoms with E-state index in [4.69, 9.17) is 9.47 Å². The number of H-pyrrole nitrogens is 1. The summed E-state index contributed by atoms with van der Waals surface area (Å²) in [6.45, 7) is 2.94. The number of hydrogen-bond donors (Lipinski definition) is 1. The zero-order valence-corrected chi connectivity index (χ0v) is 16.9. The van der Waals surface area contributed by atoms with Gasteiger partial charge in [0.15, 0.2) is 0 Å². The Bertz CT molecular complexity index is 1060. The van der Waals surface area contributed by atoms with Crippen LogP contribution >= 0.6 is 0 Å². The Kier molecular flexibility index (Phi) is 6.61. The Morgan fingerprint density at radius 3 is 2.72 bits per heavy atom. The van der Waals surface area contributed by atoms with Crippen molar-refractivity contribution in [2.45, 2.75) is 19.9 Å². The van der Waals surface area contributed by atoms with Gasteiger partial charge in [0.1, 0.15) is 11.6 Å². The minimum atomic E-state index is -0.218. The van der Waals surface area contributed by atoms with E-state index in [0.717, 1.165) is 11.1 Å². The molecule has 0 radical (unpaired) electrons. The van der Waals surface area contributed by atoms with Crippen LogP contribution in [0.4, 0.5) is 0 Å². The summed E-state index contributed by atoms with van der Waals surface area (Å²) in [6.07, 6.45) is 0.187. The van der Waals surface area contributed by atoms with Gasteiger partial charge in [0.25, 0.3) is 5.56 Å². The number of fused-ring (bicyclic) bond motifs is 1. The first kappa shape index (κ1) is 20.5. The third-order valence-electron chi connectivity index (χ3n) is 4.70. The third-order valence-corrected chi connectivity index (χ3v) is 4.70. The topological polar surface area (TPSA) is 84.5 Å². The number of nitrogens with one attached hydrogen (secondary N) is 1. The second-order valence-corrected chi connectivity index (χ2v) is 6.83. The van der Waals surface area contributed by atoms with Gasteiger partial charge in [-0.1, -0.05) is 29.8 Å². The Hall–Kier alpha value is -3.19. The van der Waals surface area contributed by atoms with Gasteiger partial charge in [-0.3, -0.25) is 9.59 Å². The zero-order chi connectivity index (χ0) is 20.8. The van der Waals surface area contributed by atoms with Crippen LogP contribution in [0.3, 0.4) is 0 Å². The number of amides is 1. The van der Waals surface area contributed by atoms with Crippen LogP contribution in [0.2, 0.25) is 0 Å². The largest absolute Gasteiger partial charge is 0.496 e. The highest BCUT2D eigenvalue weighted by atomic mass is 16.5. The molecule has 0 aliphatic rings. The maximum atomic E-state index is 13.0. The highest BCUT2D eigenvalue weighted by Crippen LogP contribution is 2.21. The molecule has 3 aromatic rings. The zero-order valence-electron chi connectivity index (χ0n) is 16.9. The average Bonchev–Trinajstić information content (AvgIpc) is 2.71. The quantitative estimate of drug-likeness (QED) is 0.633. The van der Waals surface area contributed by atoms with Crippen molar-refractivity contribution in [2.75, 3.05) is 27.4 Å². The Labute approximate surface area is 169 Å². The van der Waals surface area contributed by atoms with Crippen LogP contribution in [0, 0.1) is 6.92 Å². The molecule has 2 aromatic carbocycles. The van der Waals surface area contributed by atoms with Gasteiger partial charge in [-0.05, 0) is 25.1 Å². The summed E-state index contributed by atoms with van der Waals surface area (Å²) in [5.41, 5.74) is 2.26. The van der Waals surface area contributed by atoms with Crippen molar-refractivity contribution < 1.29 is 14.3 Å².